The number of carbonyl (C=O) groups excluding carboxylic acids is 1. The van der Waals surface area contributed by atoms with Crippen LogP contribution in [-0.2, 0) is 21.3 Å². The van der Waals surface area contributed by atoms with Crippen LogP contribution in [0.5, 0.6) is 0 Å². The summed E-state index contributed by atoms with van der Waals surface area (Å²) in [6.07, 6.45) is 1.60. The minimum absolute atomic E-state index is 0.180. The van der Waals surface area contributed by atoms with Crippen molar-refractivity contribution in [2.75, 3.05) is 19.3 Å². The summed E-state index contributed by atoms with van der Waals surface area (Å²) in [4.78, 5) is 24.7. The van der Waals surface area contributed by atoms with E-state index in [2.05, 4.69) is 0 Å². The van der Waals surface area contributed by atoms with E-state index < -0.39 is 16.8 Å². The number of carbonyl (C=O) groups is 2. The number of nitrogens with zero attached hydrogens (tertiary/aromatic N) is 1. The predicted molar refractivity (Wildman–Crippen MR) is 82.6 cm³/mol. The van der Waals surface area contributed by atoms with Crippen molar-refractivity contribution >= 4 is 22.7 Å². The highest BCUT2D eigenvalue weighted by Crippen LogP contribution is 2.11. The Labute approximate surface area is 127 Å². The first kappa shape index (κ1) is 17.4. The maximum Gasteiger partial charge on any atom is 0.323 e. The van der Waals surface area contributed by atoms with E-state index in [0.29, 0.717) is 17.9 Å². The Hall–Kier alpha value is -1.69. The quantitative estimate of drug-likeness (QED) is 0.832. The van der Waals surface area contributed by atoms with E-state index in [1.165, 1.54) is 4.90 Å². The number of rotatable bonds is 7. The van der Waals surface area contributed by atoms with Gasteiger partial charge in [0, 0.05) is 34.9 Å². The Balaban J connectivity index is 2.96. The fourth-order valence-electron chi connectivity index (χ4n) is 2.03. The Morgan fingerprint density at radius 2 is 2.00 bits per heavy atom. The maximum atomic E-state index is 12.4. The first-order valence-electron chi connectivity index (χ1n) is 6.69. The predicted octanol–water partition coefficient (Wildman–Crippen LogP) is 1.75. The standard InChI is InChI=1S/C15H21NO4S/c1-11(2)8-16(9-14(17)18)15(19)13-6-4-5-12(7-13)10-21(3)20/h4-7,11H,8-10H2,1-3H3,(H,17,18). The van der Waals surface area contributed by atoms with Gasteiger partial charge >= 0.3 is 5.97 Å². The molecule has 0 saturated carbocycles. The van der Waals surface area contributed by atoms with Gasteiger partial charge in [-0.05, 0) is 23.6 Å². The van der Waals surface area contributed by atoms with E-state index in [4.69, 9.17) is 5.11 Å². The van der Waals surface area contributed by atoms with E-state index in [9.17, 15) is 13.8 Å². The number of hydrogen-bond acceptors (Lipinski definition) is 3. The van der Waals surface area contributed by atoms with Crippen molar-refractivity contribution in [3.8, 4) is 0 Å². The molecule has 1 unspecified atom stereocenters. The highest BCUT2D eigenvalue weighted by Gasteiger charge is 2.19. The van der Waals surface area contributed by atoms with Gasteiger partial charge in [-0.3, -0.25) is 13.8 Å². The average molecular weight is 311 g/mol. The van der Waals surface area contributed by atoms with Crippen LogP contribution in [-0.4, -0.2) is 45.4 Å². The molecule has 0 bridgehead atoms. The Morgan fingerprint density at radius 1 is 1.33 bits per heavy atom. The summed E-state index contributed by atoms with van der Waals surface area (Å²) in [7, 11) is -0.986. The van der Waals surface area contributed by atoms with Crippen LogP contribution in [0.25, 0.3) is 0 Å². The van der Waals surface area contributed by atoms with Crippen LogP contribution < -0.4 is 0 Å². The van der Waals surface area contributed by atoms with Gasteiger partial charge in [-0.25, -0.2) is 0 Å². The molecular weight excluding hydrogens is 290 g/mol. The average Bonchev–Trinajstić information content (AvgIpc) is 2.35. The molecule has 1 amide bonds. The second-order valence-corrected chi connectivity index (χ2v) is 6.83. The van der Waals surface area contributed by atoms with E-state index in [-0.39, 0.29) is 18.4 Å². The number of aliphatic carboxylic acids is 1. The number of amides is 1. The molecule has 0 radical (unpaired) electrons. The molecule has 1 N–H and O–H groups in total. The lowest BCUT2D eigenvalue weighted by Gasteiger charge is -2.23. The van der Waals surface area contributed by atoms with Crippen molar-refractivity contribution in [1.82, 2.24) is 4.90 Å². The molecule has 0 aliphatic heterocycles. The molecule has 1 atom stereocenters. The monoisotopic (exact) mass is 311 g/mol. The molecule has 6 heteroatoms. The molecule has 1 aromatic carbocycles. The lowest BCUT2D eigenvalue weighted by molar-refractivity contribution is -0.137. The molecule has 0 aromatic heterocycles. The summed E-state index contributed by atoms with van der Waals surface area (Å²) in [5.74, 6) is -0.784. The zero-order valence-electron chi connectivity index (χ0n) is 12.5. The molecule has 0 heterocycles. The fourth-order valence-corrected chi connectivity index (χ4v) is 2.68. The molecule has 0 spiro atoms. The number of benzene rings is 1. The molecule has 116 valence electrons. The smallest absolute Gasteiger partial charge is 0.323 e. The van der Waals surface area contributed by atoms with Crippen LogP contribution in [0.2, 0.25) is 0 Å². The van der Waals surface area contributed by atoms with Crippen molar-refractivity contribution in [2.45, 2.75) is 19.6 Å². The van der Waals surface area contributed by atoms with Gasteiger partial charge in [0.15, 0.2) is 0 Å². The van der Waals surface area contributed by atoms with Crippen molar-refractivity contribution in [3.05, 3.63) is 35.4 Å². The van der Waals surface area contributed by atoms with Crippen LogP contribution in [0.3, 0.4) is 0 Å². The van der Waals surface area contributed by atoms with Crippen LogP contribution in [0.4, 0.5) is 0 Å². The Kier molecular flexibility index (Phi) is 6.55. The molecule has 1 aromatic rings. The van der Waals surface area contributed by atoms with Gasteiger partial charge < -0.3 is 10.0 Å². The van der Waals surface area contributed by atoms with E-state index in [1.54, 1.807) is 24.5 Å². The normalized spacial score (nSPS) is 12.2. The van der Waals surface area contributed by atoms with E-state index >= 15 is 0 Å². The summed E-state index contributed by atoms with van der Waals surface area (Å²) >= 11 is 0. The third-order valence-corrected chi connectivity index (χ3v) is 3.48. The summed E-state index contributed by atoms with van der Waals surface area (Å²) in [6, 6.07) is 6.87. The highest BCUT2D eigenvalue weighted by atomic mass is 32.2. The SMILES string of the molecule is CC(C)CN(CC(=O)O)C(=O)c1cccc(CS(C)=O)c1. The molecule has 21 heavy (non-hydrogen) atoms. The van der Waals surface area contributed by atoms with Gasteiger partial charge in [0.2, 0.25) is 0 Å². The minimum atomic E-state index is -1.03. The maximum absolute atomic E-state index is 12.4. The van der Waals surface area contributed by atoms with Crippen molar-refractivity contribution in [1.29, 1.82) is 0 Å². The number of hydrogen-bond donors (Lipinski definition) is 1. The second-order valence-electron chi connectivity index (χ2n) is 5.39. The van der Waals surface area contributed by atoms with Crippen LogP contribution in [0, 0.1) is 5.92 Å². The van der Waals surface area contributed by atoms with Gasteiger partial charge in [-0.15, -0.1) is 0 Å². The van der Waals surface area contributed by atoms with Crippen molar-refractivity contribution in [3.63, 3.8) is 0 Å². The van der Waals surface area contributed by atoms with Crippen LogP contribution >= 0.6 is 0 Å². The summed E-state index contributed by atoms with van der Waals surface area (Å²) in [6.45, 7) is 3.92. The Morgan fingerprint density at radius 3 is 2.52 bits per heavy atom. The minimum Gasteiger partial charge on any atom is -0.480 e. The zero-order valence-corrected chi connectivity index (χ0v) is 13.4. The first-order chi connectivity index (χ1) is 9.79. The zero-order chi connectivity index (χ0) is 16.0. The highest BCUT2D eigenvalue weighted by molar-refractivity contribution is 7.83. The molecule has 1 rings (SSSR count). The third kappa shape index (κ3) is 6.08. The van der Waals surface area contributed by atoms with Gasteiger partial charge in [0.25, 0.3) is 5.91 Å². The molecule has 0 fully saturated rings. The van der Waals surface area contributed by atoms with Gasteiger partial charge in [0.05, 0.1) is 0 Å². The van der Waals surface area contributed by atoms with E-state index in [1.807, 2.05) is 19.9 Å². The lowest BCUT2D eigenvalue weighted by atomic mass is 10.1. The number of carboxylic acid groups (broad SMARTS) is 1. The second kappa shape index (κ2) is 7.93. The molecular formula is C15H21NO4S. The molecule has 5 nitrogen and oxygen atoms in total. The largest absolute Gasteiger partial charge is 0.480 e. The summed E-state index contributed by atoms with van der Waals surface area (Å²) in [5.41, 5.74) is 1.24. The Bertz CT molecular complexity index is 542. The van der Waals surface area contributed by atoms with Crippen LogP contribution in [0.15, 0.2) is 24.3 Å². The fraction of sp³-hybridized carbons (Fsp3) is 0.467. The van der Waals surface area contributed by atoms with Crippen molar-refractivity contribution < 1.29 is 18.9 Å². The summed E-state index contributed by atoms with van der Waals surface area (Å²) in [5, 5.41) is 8.93. The summed E-state index contributed by atoms with van der Waals surface area (Å²) < 4.78 is 11.3. The van der Waals surface area contributed by atoms with Gasteiger partial charge in [-0.1, -0.05) is 26.0 Å². The topological polar surface area (TPSA) is 74.7 Å². The molecule has 0 saturated heterocycles. The lowest BCUT2D eigenvalue weighted by Crippen LogP contribution is -2.38. The van der Waals surface area contributed by atoms with E-state index in [0.717, 1.165) is 5.56 Å². The van der Waals surface area contributed by atoms with Gasteiger partial charge in [-0.2, -0.15) is 0 Å². The van der Waals surface area contributed by atoms with Crippen molar-refractivity contribution in [2.24, 2.45) is 5.92 Å². The van der Waals surface area contributed by atoms with Crippen LogP contribution in [0.1, 0.15) is 29.8 Å². The number of carboxylic acids is 1. The third-order valence-electron chi connectivity index (χ3n) is 2.74. The molecule has 0 aliphatic carbocycles. The first-order valence-corrected chi connectivity index (χ1v) is 8.42. The molecule has 0 aliphatic rings. The van der Waals surface area contributed by atoms with Gasteiger partial charge in [0.1, 0.15) is 6.54 Å².